The molecule has 2 aliphatic heterocycles. The summed E-state index contributed by atoms with van der Waals surface area (Å²) in [5.74, 6) is 1.37. The van der Waals surface area contributed by atoms with Gasteiger partial charge in [0.2, 0.25) is 5.91 Å². The lowest BCUT2D eigenvalue weighted by Crippen LogP contribution is -2.45. The normalized spacial score (nSPS) is 18.3. The van der Waals surface area contributed by atoms with Crippen molar-refractivity contribution in [1.29, 1.82) is 0 Å². The molecular formula is C27H30N6OS. The van der Waals surface area contributed by atoms with Crippen LogP contribution in [0.3, 0.4) is 0 Å². The van der Waals surface area contributed by atoms with E-state index in [0.29, 0.717) is 5.91 Å². The predicted molar refractivity (Wildman–Crippen MR) is 138 cm³/mol. The van der Waals surface area contributed by atoms with E-state index in [0.717, 1.165) is 81.1 Å². The number of hydrogen-bond acceptors (Lipinski definition) is 6. The van der Waals surface area contributed by atoms with Gasteiger partial charge in [0, 0.05) is 44.0 Å². The van der Waals surface area contributed by atoms with Gasteiger partial charge in [0.1, 0.15) is 11.2 Å². The fourth-order valence-corrected chi connectivity index (χ4v) is 6.19. The number of thiophene rings is 1. The van der Waals surface area contributed by atoms with Gasteiger partial charge in [-0.25, -0.2) is 9.97 Å². The van der Waals surface area contributed by atoms with Crippen LogP contribution in [-0.2, 0) is 11.3 Å². The summed E-state index contributed by atoms with van der Waals surface area (Å²) in [4.78, 5) is 32.0. The van der Waals surface area contributed by atoms with Gasteiger partial charge in [-0.15, -0.1) is 0 Å². The van der Waals surface area contributed by atoms with E-state index in [1.807, 2.05) is 36.5 Å². The first-order valence-corrected chi connectivity index (χ1v) is 13.5. The van der Waals surface area contributed by atoms with Crippen molar-refractivity contribution in [3.8, 4) is 11.5 Å². The molecule has 0 N–H and O–H groups in total. The second kappa shape index (κ2) is 9.87. The third-order valence-electron chi connectivity index (χ3n) is 7.41. The number of piperidine rings is 2. The first-order valence-electron chi connectivity index (χ1n) is 12.5. The number of nitrogens with zero attached hydrogens (tertiary/aromatic N) is 6. The summed E-state index contributed by atoms with van der Waals surface area (Å²) in [5.41, 5.74) is 4.03. The highest BCUT2D eigenvalue weighted by atomic mass is 32.1. The molecule has 0 aliphatic carbocycles. The molecule has 2 fully saturated rings. The molecule has 35 heavy (non-hydrogen) atoms. The van der Waals surface area contributed by atoms with E-state index in [-0.39, 0.29) is 12.0 Å². The Morgan fingerprint density at radius 1 is 0.943 bits per heavy atom. The molecule has 0 atom stereocenters. The number of amides is 1. The smallest absolute Gasteiger partial charge is 0.225 e. The van der Waals surface area contributed by atoms with E-state index in [4.69, 9.17) is 4.98 Å². The Balaban J connectivity index is 1.12. The molecule has 0 aromatic carbocycles. The van der Waals surface area contributed by atoms with Crippen LogP contribution >= 0.6 is 11.3 Å². The molecule has 8 heteroatoms. The highest BCUT2D eigenvalue weighted by molar-refractivity contribution is 7.07. The minimum atomic E-state index is 0.157. The van der Waals surface area contributed by atoms with Crippen molar-refractivity contribution in [1.82, 2.24) is 29.3 Å². The van der Waals surface area contributed by atoms with Gasteiger partial charge < -0.3 is 9.47 Å². The number of rotatable bonds is 5. The van der Waals surface area contributed by atoms with Crippen LogP contribution in [0.1, 0.15) is 37.3 Å². The molecular weight excluding hydrogens is 456 g/mol. The molecule has 180 valence electrons. The number of imidazole rings is 1. The SMILES string of the molecule is O=C(C1CCN(Cc2ccsc2)CC1)N1CCC(n2c(-c3ccccn3)nc3cccnc32)CC1. The van der Waals surface area contributed by atoms with E-state index < -0.39 is 0 Å². The van der Waals surface area contributed by atoms with Crippen LogP contribution in [-0.4, -0.2) is 61.4 Å². The number of pyridine rings is 2. The summed E-state index contributed by atoms with van der Waals surface area (Å²) >= 11 is 1.75. The summed E-state index contributed by atoms with van der Waals surface area (Å²) in [6.45, 7) is 4.58. The van der Waals surface area contributed by atoms with Crippen LogP contribution in [0.2, 0.25) is 0 Å². The fraction of sp³-hybridized carbons (Fsp3) is 0.407. The van der Waals surface area contributed by atoms with Crippen LogP contribution in [0.5, 0.6) is 0 Å². The maximum Gasteiger partial charge on any atom is 0.225 e. The molecule has 4 aromatic heterocycles. The Labute approximate surface area is 209 Å². The number of likely N-dealkylation sites (tertiary alicyclic amines) is 2. The topological polar surface area (TPSA) is 67.2 Å². The molecule has 0 unspecified atom stereocenters. The van der Waals surface area contributed by atoms with Gasteiger partial charge in [0.25, 0.3) is 0 Å². The summed E-state index contributed by atoms with van der Waals surface area (Å²) in [6.07, 6.45) is 7.37. The standard InChI is InChI=1S/C27H30N6OS/c34-27(21-6-13-31(14-7-21)18-20-10-17-35-19-20)32-15-8-22(9-16-32)33-25-24(5-3-12-29-25)30-26(33)23-4-1-2-11-28-23/h1-5,10-12,17,19,21-22H,6-9,13-16,18H2. The Morgan fingerprint density at radius 2 is 1.77 bits per heavy atom. The van der Waals surface area contributed by atoms with E-state index in [9.17, 15) is 4.79 Å². The van der Waals surface area contributed by atoms with Gasteiger partial charge in [0.05, 0.1) is 0 Å². The van der Waals surface area contributed by atoms with Gasteiger partial charge in [-0.05, 0) is 85.4 Å². The Morgan fingerprint density at radius 3 is 2.51 bits per heavy atom. The van der Waals surface area contributed by atoms with Crippen LogP contribution in [0.4, 0.5) is 0 Å². The first-order chi connectivity index (χ1) is 17.3. The largest absolute Gasteiger partial charge is 0.342 e. The molecule has 2 aliphatic rings. The fourth-order valence-electron chi connectivity index (χ4n) is 5.53. The lowest BCUT2D eigenvalue weighted by atomic mass is 9.93. The highest BCUT2D eigenvalue weighted by Crippen LogP contribution is 2.33. The molecule has 7 nitrogen and oxygen atoms in total. The van der Waals surface area contributed by atoms with Gasteiger partial charge >= 0.3 is 0 Å². The maximum absolute atomic E-state index is 13.3. The van der Waals surface area contributed by atoms with Gasteiger partial charge in [0.15, 0.2) is 11.5 Å². The molecule has 0 bridgehead atoms. The predicted octanol–water partition coefficient (Wildman–Crippen LogP) is 4.63. The number of carbonyl (C=O) groups is 1. The van der Waals surface area contributed by atoms with Crippen LogP contribution in [0, 0.1) is 5.92 Å². The first kappa shape index (κ1) is 22.4. The average molecular weight is 487 g/mol. The zero-order chi connectivity index (χ0) is 23.6. The summed E-state index contributed by atoms with van der Waals surface area (Å²) in [6, 6.07) is 12.3. The average Bonchev–Trinajstić information content (AvgIpc) is 3.57. The molecule has 4 aromatic rings. The summed E-state index contributed by atoms with van der Waals surface area (Å²) < 4.78 is 2.25. The highest BCUT2D eigenvalue weighted by Gasteiger charge is 2.32. The van der Waals surface area contributed by atoms with E-state index >= 15 is 0 Å². The number of fused-ring (bicyclic) bond motifs is 1. The zero-order valence-corrected chi connectivity index (χ0v) is 20.6. The molecule has 2 saturated heterocycles. The third-order valence-corrected chi connectivity index (χ3v) is 8.14. The van der Waals surface area contributed by atoms with E-state index in [2.05, 4.69) is 41.2 Å². The minimum absolute atomic E-state index is 0.157. The molecule has 0 radical (unpaired) electrons. The third kappa shape index (κ3) is 4.60. The van der Waals surface area contributed by atoms with Gasteiger partial charge in [-0.3, -0.25) is 14.7 Å². The number of carbonyl (C=O) groups excluding carboxylic acids is 1. The van der Waals surface area contributed by atoms with Crippen molar-refractivity contribution in [2.75, 3.05) is 26.2 Å². The van der Waals surface area contributed by atoms with Crippen molar-refractivity contribution in [2.24, 2.45) is 5.92 Å². The van der Waals surface area contributed by atoms with Crippen LogP contribution in [0.15, 0.2) is 59.6 Å². The second-order valence-corrected chi connectivity index (χ2v) is 10.4. The lowest BCUT2D eigenvalue weighted by molar-refractivity contribution is -0.138. The zero-order valence-electron chi connectivity index (χ0n) is 19.8. The quantitative estimate of drug-likeness (QED) is 0.411. The Kier molecular flexibility index (Phi) is 6.31. The Bertz CT molecular complexity index is 1270. The second-order valence-electron chi connectivity index (χ2n) is 9.61. The summed E-state index contributed by atoms with van der Waals surface area (Å²) in [7, 11) is 0. The van der Waals surface area contributed by atoms with Crippen molar-refractivity contribution in [2.45, 2.75) is 38.3 Å². The molecule has 6 heterocycles. The maximum atomic E-state index is 13.3. The lowest BCUT2D eigenvalue weighted by Gasteiger charge is -2.37. The van der Waals surface area contributed by atoms with Crippen molar-refractivity contribution in [3.63, 3.8) is 0 Å². The van der Waals surface area contributed by atoms with Crippen LogP contribution in [0.25, 0.3) is 22.7 Å². The van der Waals surface area contributed by atoms with Crippen molar-refractivity contribution in [3.05, 3.63) is 65.1 Å². The van der Waals surface area contributed by atoms with Gasteiger partial charge in [-0.2, -0.15) is 11.3 Å². The monoisotopic (exact) mass is 486 g/mol. The van der Waals surface area contributed by atoms with Crippen molar-refractivity contribution < 1.29 is 4.79 Å². The van der Waals surface area contributed by atoms with Gasteiger partial charge in [-0.1, -0.05) is 6.07 Å². The summed E-state index contributed by atoms with van der Waals surface area (Å²) in [5, 5.41) is 4.36. The Hall–Kier alpha value is -3.10. The van der Waals surface area contributed by atoms with E-state index in [1.54, 1.807) is 17.5 Å². The molecule has 0 spiro atoms. The number of hydrogen-bond donors (Lipinski definition) is 0. The van der Waals surface area contributed by atoms with E-state index in [1.165, 1.54) is 5.56 Å². The molecule has 1 amide bonds. The van der Waals surface area contributed by atoms with Crippen LogP contribution < -0.4 is 0 Å². The molecule has 6 rings (SSSR count). The van der Waals surface area contributed by atoms with Crippen molar-refractivity contribution >= 4 is 28.4 Å². The molecule has 0 saturated carbocycles. The minimum Gasteiger partial charge on any atom is -0.342 e. The number of aromatic nitrogens is 4.